The summed E-state index contributed by atoms with van der Waals surface area (Å²) in [5, 5.41) is 0. The van der Waals surface area contributed by atoms with E-state index in [1.54, 1.807) is 13.0 Å². The third kappa shape index (κ3) is 5.12. The van der Waals surface area contributed by atoms with Crippen LogP contribution in [0.2, 0.25) is 0 Å². The van der Waals surface area contributed by atoms with Gasteiger partial charge in [-0.05, 0) is 51.4 Å². The van der Waals surface area contributed by atoms with Gasteiger partial charge in [-0.15, -0.1) is 0 Å². The number of aryl methyl sites for hydroxylation is 1. The average Bonchev–Trinajstić information content (AvgIpc) is 3.47. The van der Waals surface area contributed by atoms with Crippen LogP contribution in [0.3, 0.4) is 0 Å². The molecule has 0 bridgehead atoms. The molecule has 0 aliphatic heterocycles. The van der Waals surface area contributed by atoms with E-state index in [0.29, 0.717) is 24.6 Å². The number of aromatic nitrogens is 2. The Hall–Kier alpha value is -2.15. The number of halogens is 1. The van der Waals surface area contributed by atoms with Gasteiger partial charge in [0, 0.05) is 32.2 Å². The van der Waals surface area contributed by atoms with Crippen molar-refractivity contribution in [2.45, 2.75) is 77.1 Å². The topological polar surface area (TPSA) is 62.6 Å². The standard InChI is InChI=1S/C23H31FN2O4/c1-14(10-15(2)27)13-28-16-4-6-18(7-5-16)30-23-25-20-11-19(24)22(29-17-8-9-17)12-21(20)26(23)3/h11-12,14,16-18H,4-10,13H2,1-3H3/t14-,16?,18?/m1/s1. The lowest BCUT2D eigenvalue weighted by atomic mass is 9.95. The average molecular weight is 419 g/mol. The predicted molar refractivity (Wildman–Crippen MR) is 111 cm³/mol. The lowest BCUT2D eigenvalue weighted by Gasteiger charge is -2.29. The quantitative estimate of drug-likeness (QED) is 0.597. The first-order valence-electron chi connectivity index (χ1n) is 11.0. The monoisotopic (exact) mass is 418 g/mol. The lowest BCUT2D eigenvalue weighted by molar-refractivity contribution is -0.118. The van der Waals surface area contributed by atoms with Gasteiger partial charge in [-0.25, -0.2) is 4.39 Å². The number of imidazole rings is 1. The van der Waals surface area contributed by atoms with Crippen LogP contribution in [0.1, 0.15) is 58.8 Å². The summed E-state index contributed by atoms with van der Waals surface area (Å²) in [7, 11) is 1.88. The van der Waals surface area contributed by atoms with Gasteiger partial charge >= 0.3 is 0 Å². The minimum absolute atomic E-state index is 0.0713. The molecule has 2 aliphatic carbocycles. The van der Waals surface area contributed by atoms with Gasteiger partial charge in [0.2, 0.25) is 0 Å². The fourth-order valence-corrected chi connectivity index (χ4v) is 4.05. The van der Waals surface area contributed by atoms with Crippen LogP contribution in [0, 0.1) is 11.7 Å². The minimum atomic E-state index is -0.379. The number of rotatable bonds is 9. The van der Waals surface area contributed by atoms with Crippen LogP contribution in [0.4, 0.5) is 4.39 Å². The van der Waals surface area contributed by atoms with Crippen LogP contribution in [0.25, 0.3) is 11.0 Å². The van der Waals surface area contributed by atoms with E-state index in [2.05, 4.69) is 4.98 Å². The molecular formula is C23H31FN2O4. The number of hydrogen-bond donors (Lipinski definition) is 0. The maximum Gasteiger partial charge on any atom is 0.297 e. The van der Waals surface area contributed by atoms with Crippen molar-refractivity contribution in [1.82, 2.24) is 9.55 Å². The van der Waals surface area contributed by atoms with E-state index in [1.165, 1.54) is 6.07 Å². The number of ketones is 1. The SMILES string of the molecule is CC(=O)C[C@@H](C)COC1CCC(Oc2nc3cc(F)c(OC4CC4)cc3n2C)CC1. The molecule has 1 aromatic carbocycles. The van der Waals surface area contributed by atoms with Crippen molar-refractivity contribution in [3.8, 4) is 11.8 Å². The largest absolute Gasteiger partial charge is 0.487 e. The highest BCUT2D eigenvalue weighted by atomic mass is 19.1. The zero-order chi connectivity index (χ0) is 21.3. The summed E-state index contributed by atoms with van der Waals surface area (Å²) in [6.45, 7) is 4.29. The number of Topliss-reactive ketones (excluding diaryl/α,β-unsaturated/α-hetero) is 1. The highest BCUT2D eigenvalue weighted by molar-refractivity contribution is 5.78. The van der Waals surface area contributed by atoms with Gasteiger partial charge < -0.3 is 19.0 Å². The summed E-state index contributed by atoms with van der Waals surface area (Å²) in [6, 6.07) is 3.65. The number of carbonyl (C=O) groups excluding carboxylic acids is 1. The summed E-state index contributed by atoms with van der Waals surface area (Å²) in [5.74, 6) is 0.370. The van der Waals surface area contributed by atoms with Gasteiger partial charge in [-0.1, -0.05) is 6.92 Å². The van der Waals surface area contributed by atoms with E-state index < -0.39 is 0 Å². The number of ether oxygens (including phenoxy) is 3. The second kappa shape index (κ2) is 8.92. The third-order valence-electron chi connectivity index (χ3n) is 5.86. The molecule has 2 fully saturated rings. The number of fused-ring (bicyclic) bond motifs is 1. The summed E-state index contributed by atoms with van der Waals surface area (Å²) in [4.78, 5) is 15.7. The van der Waals surface area contributed by atoms with E-state index in [9.17, 15) is 9.18 Å². The van der Waals surface area contributed by atoms with E-state index in [4.69, 9.17) is 14.2 Å². The number of benzene rings is 1. The van der Waals surface area contributed by atoms with Crippen LogP contribution < -0.4 is 9.47 Å². The molecule has 7 heteroatoms. The second-order valence-electron chi connectivity index (χ2n) is 8.90. The Morgan fingerprint density at radius 3 is 2.43 bits per heavy atom. The Balaban J connectivity index is 1.32. The molecule has 0 unspecified atom stereocenters. The molecule has 0 spiro atoms. The van der Waals surface area contributed by atoms with Gasteiger partial charge in [-0.2, -0.15) is 4.98 Å². The van der Waals surface area contributed by atoms with Crippen LogP contribution in [-0.2, 0) is 16.6 Å². The number of nitrogens with zero attached hydrogens (tertiary/aromatic N) is 2. The molecule has 30 heavy (non-hydrogen) atoms. The van der Waals surface area contributed by atoms with E-state index in [1.807, 2.05) is 18.5 Å². The van der Waals surface area contributed by atoms with Crippen molar-refractivity contribution >= 4 is 16.8 Å². The number of hydrogen-bond acceptors (Lipinski definition) is 5. The molecule has 2 saturated carbocycles. The minimum Gasteiger partial charge on any atom is -0.487 e. The molecule has 164 valence electrons. The van der Waals surface area contributed by atoms with Crippen molar-refractivity contribution < 1.29 is 23.4 Å². The Labute approximate surface area is 176 Å². The van der Waals surface area contributed by atoms with Crippen LogP contribution in [-0.4, -0.2) is 40.3 Å². The van der Waals surface area contributed by atoms with Crippen molar-refractivity contribution in [2.75, 3.05) is 6.61 Å². The highest BCUT2D eigenvalue weighted by Gasteiger charge is 2.27. The first-order valence-corrected chi connectivity index (χ1v) is 11.0. The summed E-state index contributed by atoms with van der Waals surface area (Å²) in [5.41, 5.74) is 1.38. The van der Waals surface area contributed by atoms with Gasteiger partial charge in [0.05, 0.1) is 23.2 Å². The summed E-state index contributed by atoms with van der Waals surface area (Å²) >= 11 is 0. The van der Waals surface area contributed by atoms with Crippen molar-refractivity contribution in [1.29, 1.82) is 0 Å². The van der Waals surface area contributed by atoms with E-state index in [0.717, 1.165) is 44.0 Å². The Morgan fingerprint density at radius 2 is 1.77 bits per heavy atom. The normalized spacial score (nSPS) is 22.8. The first-order chi connectivity index (χ1) is 14.4. The molecule has 1 aromatic heterocycles. The Morgan fingerprint density at radius 1 is 1.13 bits per heavy atom. The summed E-state index contributed by atoms with van der Waals surface area (Å²) in [6.07, 6.45) is 6.60. The number of carbonyl (C=O) groups is 1. The fraction of sp³-hybridized carbons (Fsp3) is 0.652. The molecule has 0 amide bonds. The smallest absolute Gasteiger partial charge is 0.297 e. The zero-order valence-electron chi connectivity index (χ0n) is 18.0. The van der Waals surface area contributed by atoms with Crippen molar-refractivity contribution in [2.24, 2.45) is 13.0 Å². The Bertz CT molecular complexity index is 900. The third-order valence-corrected chi connectivity index (χ3v) is 5.86. The maximum absolute atomic E-state index is 14.3. The van der Waals surface area contributed by atoms with E-state index >= 15 is 0 Å². The highest BCUT2D eigenvalue weighted by Crippen LogP contribution is 2.33. The molecule has 2 aromatic rings. The van der Waals surface area contributed by atoms with Crippen LogP contribution >= 0.6 is 0 Å². The van der Waals surface area contributed by atoms with Crippen LogP contribution in [0.5, 0.6) is 11.8 Å². The molecule has 0 saturated heterocycles. The maximum atomic E-state index is 14.3. The van der Waals surface area contributed by atoms with Gasteiger partial charge in [0.25, 0.3) is 6.01 Å². The molecular weight excluding hydrogens is 387 g/mol. The predicted octanol–water partition coefficient (Wildman–Crippen LogP) is 4.58. The van der Waals surface area contributed by atoms with Crippen LogP contribution in [0.15, 0.2) is 12.1 Å². The van der Waals surface area contributed by atoms with Crippen molar-refractivity contribution in [3.05, 3.63) is 17.9 Å². The van der Waals surface area contributed by atoms with Gasteiger partial charge in [0.1, 0.15) is 11.9 Å². The molecule has 0 radical (unpaired) electrons. The van der Waals surface area contributed by atoms with E-state index in [-0.39, 0.29) is 41.6 Å². The molecule has 2 aliphatic rings. The second-order valence-corrected chi connectivity index (χ2v) is 8.90. The van der Waals surface area contributed by atoms with Crippen molar-refractivity contribution in [3.63, 3.8) is 0 Å². The Kier molecular flexibility index (Phi) is 6.27. The molecule has 6 nitrogen and oxygen atoms in total. The summed E-state index contributed by atoms with van der Waals surface area (Å²) < 4.78 is 34.0. The lowest BCUT2D eigenvalue weighted by Crippen LogP contribution is -2.30. The first kappa shape index (κ1) is 21.1. The molecule has 0 N–H and O–H groups in total. The molecule has 1 atom stereocenters. The zero-order valence-corrected chi connectivity index (χ0v) is 18.0. The molecule has 1 heterocycles. The fourth-order valence-electron chi connectivity index (χ4n) is 4.05. The molecule has 4 rings (SSSR count). The van der Waals surface area contributed by atoms with Gasteiger partial charge in [0.15, 0.2) is 11.6 Å². The van der Waals surface area contributed by atoms with Gasteiger partial charge in [-0.3, -0.25) is 4.57 Å².